The maximum atomic E-state index is 9.96. The summed E-state index contributed by atoms with van der Waals surface area (Å²) in [7, 11) is 0. The van der Waals surface area contributed by atoms with Gasteiger partial charge in [0.15, 0.2) is 5.96 Å². The highest BCUT2D eigenvalue weighted by Crippen LogP contribution is 2.03. The van der Waals surface area contributed by atoms with Gasteiger partial charge in [-0.15, -0.1) is 0 Å². The summed E-state index contributed by atoms with van der Waals surface area (Å²) in [5, 5.41) is 13.0. The van der Waals surface area contributed by atoms with E-state index >= 15 is 0 Å². The maximum Gasteiger partial charge on any atom is 0.188 e. The molecule has 1 atom stereocenters. The molecule has 2 rings (SSSR count). The van der Waals surface area contributed by atoms with Crippen LogP contribution in [0.25, 0.3) is 0 Å². The average molecular weight is 297 g/mol. The Morgan fingerprint density at radius 2 is 1.59 bits per heavy atom. The Hall–Kier alpha value is -2.33. The normalized spacial score (nSPS) is 12.9. The van der Waals surface area contributed by atoms with Crippen molar-refractivity contribution >= 4 is 5.96 Å². The van der Waals surface area contributed by atoms with Gasteiger partial charge in [-0.05, 0) is 17.5 Å². The highest BCUT2D eigenvalue weighted by atomic mass is 16.3. The summed E-state index contributed by atoms with van der Waals surface area (Å²) in [5.41, 5.74) is 8.16. The number of hydrogen-bond acceptors (Lipinski definition) is 2. The molecule has 1 unspecified atom stereocenters. The Kier molecular flexibility index (Phi) is 6.45. The molecule has 0 aliphatic heterocycles. The van der Waals surface area contributed by atoms with Gasteiger partial charge >= 0.3 is 0 Å². The van der Waals surface area contributed by atoms with Crippen LogP contribution in [0.2, 0.25) is 0 Å². The minimum atomic E-state index is -0.517. The fourth-order valence-electron chi connectivity index (χ4n) is 2.19. The first-order chi connectivity index (χ1) is 10.7. The minimum absolute atomic E-state index is 0.305. The first-order valence-electron chi connectivity index (χ1n) is 7.54. The number of aliphatic imine (C=N–C) groups is 1. The topological polar surface area (TPSA) is 70.6 Å². The van der Waals surface area contributed by atoms with Crippen LogP contribution in [-0.4, -0.2) is 30.3 Å². The summed E-state index contributed by atoms with van der Waals surface area (Å²) in [4.78, 5) is 4.18. The van der Waals surface area contributed by atoms with E-state index in [4.69, 9.17) is 5.73 Å². The van der Waals surface area contributed by atoms with Crippen molar-refractivity contribution in [1.29, 1.82) is 0 Å². The molecule has 2 aromatic carbocycles. The van der Waals surface area contributed by atoms with Crippen molar-refractivity contribution in [2.45, 2.75) is 18.9 Å². The molecule has 22 heavy (non-hydrogen) atoms. The van der Waals surface area contributed by atoms with Crippen molar-refractivity contribution in [2.24, 2.45) is 10.7 Å². The molecule has 0 spiro atoms. The van der Waals surface area contributed by atoms with Gasteiger partial charge in [0, 0.05) is 13.0 Å². The quantitative estimate of drug-likeness (QED) is 0.538. The van der Waals surface area contributed by atoms with Gasteiger partial charge in [-0.25, -0.2) is 0 Å². The van der Waals surface area contributed by atoms with Crippen LogP contribution in [0.3, 0.4) is 0 Å². The van der Waals surface area contributed by atoms with Gasteiger partial charge in [0.25, 0.3) is 0 Å². The van der Waals surface area contributed by atoms with Gasteiger partial charge in [0.1, 0.15) is 0 Å². The minimum Gasteiger partial charge on any atom is -0.391 e. The zero-order chi connectivity index (χ0) is 15.6. The fraction of sp³-hybridized carbons (Fsp3) is 0.278. The lowest BCUT2D eigenvalue weighted by atomic mass is 10.1. The Labute approximate surface area is 131 Å². The molecule has 4 N–H and O–H groups in total. The summed E-state index contributed by atoms with van der Waals surface area (Å²) in [6.07, 6.45) is 0.961. The zero-order valence-electron chi connectivity index (χ0n) is 12.7. The van der Waals surface area contributed by atoms with E-state index in [-0.39, 0.29) is 0 Å². The van der Waals surface area contributed by atoms with Crippen molar-refractivity contribution in [3.05, 3.63) is 71.8 Å². The lowest BCUT2D eigenvalue weighted by molar-refractivity contribution is 0.184. The third kappa shape index (κ3) is 5.97. The third-order valence-corrected chi connectivity index (χ3v) is 3.35. The summed E-state index contributed by atoms with van der Waals surface area (Å²) in [5.74, 6) is 0.378. The van der Waals surface area contributed by atoms with Gasteiger partial charge in [-0.2, -0.15) is 0 Å². The molecule has 2 aromatic rings. The van der Waals surface area contributed by atoms with Crippen LogP contribution in [0, 0.1) is 0 Å². The SMILES string of the molecule is NC(=NCC(O)Cc1ccccc1)NCCc1ccccc1. The molecular weight excluding hydrogens is 274 g/mol. The highest BCUT2D eigenvalue weighted by Gasteiger charge is 2.04. The summed E-state index contributed by atoms with van der Waals surface area (Å²) in [6.45, 7) is 1.03. The number of rotatable bonds is 7. The van der Waals surface area contributed by atoms with Crippen LogP contribution in [0.4, 0.5) is 0 Å². The summed E-state index contributed by atoms with van der Waals surface area (Å²) in [6, 6.07) is 20.1. The van der Waals surface area contributed by atoms with Crippen molar-refractivity contribution < 1.29 is 5.11 Å². The molecule has 0 fully saturated rings. The standard InChI is InChI=1S/C18H23N3O/c19-18(20-12-11-15-7-3-1-4-8-15)21-14-17(22)13-16-9-5-2-6-10-16/h1-10,17,22H,11-14H2,(H3,19,20,21). The Bertz CT molecular complexity index is 569. The predicted octanol–water partition coefficient (Wildman–Crippen LogP) is 1.74. The van der Waals surface area contributed by atoms with Crippen molar-refractivity contribution in [1.82, 2.24) is 5.32 Å². The molecule has 4 heteroatoms. The first kappa shape index (κ1) is 16.0. The van der Waals surface area contributed by atoms with E-state index in [1.54, 1.807) is 0 Å². The monoisotopic (exact) mass is 297 g/mol. The number of aliphatic hydroxyl groups is 1. The Morgan fingerprint density at radius 1 is 1.00 bits per heavy atom. The van der Waals surface area contributed by atoms with Gasteiger partial charge in [0.05, 0.1) is 12.6 Å². The third-order valence-electron chi connectivity index (χ3n) is 3.35. The molecule has 0 aromatic heterocycles. The van der Waals surface area contributed by atoms with E-state index in [1.165, 1.54) is 5.56 Å². The average Bonchev–Trinajstić information content (AvgIpc) is 2.55. The number of nitrogens with zero attached hydrogens (tertiary/aromatic N) is 1. The second kappa shape index (κ2) is 8.85. The molecule has 116 valence electrons. The van der Waals surface area contributed by atoms with Crippen molar-refractivity contribution in [2.75, 3.05) is 13.1 Å². The second-order valence-corrected chi connectivity index (χ2v) is 5.23. The van der Waals surface area contributed by atoms with Gasteiger partial charge in [0.2, 0.25) is 0 Å². The molecule has 0 aliphatic rings. The Balaban J connectivity index is 1.68. The van der Waals surface area contributed by atoms with E-state index in [0.29, 0.717) is 18.9 Å². The number of hydrogen-bond donors (Lipinski definition) is 3. The van der Waals surface area contributed by atoms with Crippen LogP contribution in [-0.2, 0) is 12.8 Å². The van der Waals surface area contributed by atoms with Crippen LogP contribution >= 0.6 is 0 Å². The van der Waals surface area contributed by atoms with E-state index in [9.17, 15) is 5.11 Å². The Morgan fingerprint density at radius 3 is 2.23 bits per heavy atom. The van der Waals surface area contributed by atoms with E-state index in [1.807, 2.05) is 48.5 Å². The number of guanidine groups is 1. The molecule has 0 aliphatic carbocycles. The van der Waals surface area contributed by atoms with Gasteiger partial charge in [-0.1, -0.05) is 60.7 Å². The molecule has 4 nitrogen and oxygen atoms in total. The second-order valence-electron chi connectivity index (χ2n) is 5.23. The molecule has 0 saturated heterocycles. The number of nitrogens with two attached hydrogens (primary N) is 1. The lowest BCUT2D eigenvalue weighted by Gasteiger charge is -2.09. The highest BCUT2D eigenvalue weighted by molar-refractivity contribution is 5.77. The first-order valence-corrected chi connectivity index (χ1v) is 7.54. The molecule has 0 amide bonds. The van der Waals surface area contributed by atoms with E-state index in [0.717, 1.165) is 18.5 Å². The molecular formula is C18H23N3O. The number of aliphatic hydroxyl groups excluding tert-OH is 1. The smallest absolute Gasteiger partial charge is 0.188 e. The van der Waals surface area contributed by atoms with Gasteiger partial charge < -0.3 is 16.2 Å². The molecule has 0 bridgehead atoms. The molecule has 0 heterocycles. The summed E-state index contributed by atoms with van der Waals surface area (Å²) < 4.78 is 0. The van der Waals surface area contributed by atoms with E-state index < -0.39 is 6.10 Å². The molecule has 0 radical (unpaired) electrons. The summed E-state index contributed by atoms with van der Waals surface area (Å²) >= 11 is 0. The lowest BCUT2D eigenvalue weighted by Crippen LogP contribution is -2.34. The van der Waals surface area contributed by atoms with Crippen molar-refractivity contribution in [3.63, 3.8) is 0 Å². The number of benzene rings is 2. The van der Waals surface area contributed by atoms with E-state index in [2.05, 4.69) is 22.4 Å². The molecule has 0 saturated carbocycles. The van der Waals surface area contributed by atoms with Crippen LogP contribution < -0.4 is 11.1 Å². The van der Waals surface area contributed by atoms with Crippen LogP contribution in [0.15, 0.2) is 65.7 Å². The van der Waals surface area contributed by atoms with Crippen molar-refractivity contribution in [3.8, 4) is 0 Å². The zero-order valence-corrected chi connectivity index (χ0v) is 12.7. The van der Waals surface area contributed by atoms with Gasteiger partial charge in [-0.3, -0.25) is 4.99 Å². The predicted molar refractivity (Wildman–Crippen MR) is 90.8 cm³/mol. The van der Waals surface area contributed by atoms with Crippen LogP contribution in [0.5, 0.6) is 0 Å². The number of nitrogens with one attached hydrogen (secondary N) is 1. The fourth-order valence-corrected chi connectivity index (χ4v) is 2.19. The van der Waals surface area contributed by atoms with Crippen LogP contribution in [0.1, 0.15) is 11.1 Å². The maximum absolute atomic E-state index is 9.96. The largest absolute Gasteiger partial charge is 0.391 e.